The van der Waals surface area contributed by atoms with Gasteiger partial charge in [-0.05, 0) is 60.9 Å². The van der Waals surface area contributed by atoms with Crippen LogP contribution in [0.1, 0.15) is 33.5 Å². The molecule has 3 aromatic rings. The molecule has 3 aromatic carbocycles. The standard InChI is InChI=1S/C27H27ClN4O5/c1-17-3-2-4-18(13-17)15-32(16-25(34)35)24(33)12-8-19-7-11-22(14-23(19)28)37-26(36)20-5-9-21(10-6-20)31-27(29)30/h2-7,9-11,13-14H,8,12,15-16H2,1H3,(H,34,35)(H4,29,30,31). The van der Waals surface area contributed by atoms with Gasteiger partial charge in [0.15, 0.2) is 5.96 Å². The van der Waals surface area contributed by atoms with Gasteiger partial charge in [-0.25, -0.2) is 9.79 Å². The molecule has 0 aliphatic heterocycles. The van der Waals surface area contributed by atoms with Gasteiger partial charge in [0.2, 0.25) is 5.91 Å². The molecule has 192 valence electrons. The third-order valence-electron chi connectivity index (χ3n) is 5.34. The molecule has 0 saturated carbocycles. The number of carboxylic acids is 1. The van der Waals surface area contributed by atoms with Crippen molar-refractivity contribution in [2.45, 2.75) is 26.3 Å². The van der Waals surface area contributed by atoms with Crippen molar-refractivity contribution in [1.29, 1.82) is 0 Å². The number of aliphatic carboxylic acids is 1. The van der Waals surface area contributed by atoms with Crippen molar-refractivity contribution < 1.29 is 24.2 Å². The van der Waals surface area contributed by atoms with E-state index in [1.165, 1.54) is 23.1 Å². The molecule has 0 unspecified atom stereocenters. The van der Waals surface area contributed by atoms with Crippen molar-refractivity contribution in [3.8, 4) is 5.75 Å². The van der Waals surface area contributed by atoms with Gasteiger partial charge in [0.25, 0.3) is 0 Å². The lowest BCUT2D eigenvalue weighted by molar-refractivity contribution is -0.144. The highest BCUT2D eigenvalue weighted by Gasteiger charge is 2.18. The summed E-state index contributed by atoms with van der Waals surface area (Å²) in [4.78, 5) is 41.8. The number of benzene rings is 3. The van der Waals surface area contributed by atoms with E-state index in [4.69, 9.17) is 27.8 Å². The molecule has 10 heteroatoms. The fourth-order valence-electron chi connectivity index (χ4n) is 3.61. The average Bonchev–Trinajstić information content (AvgIpc) is 2.83. The molecule has 0 fully saturated rings. The minimum Gasteiger partial charge on any atom is -0.480 e. The first-order chi connectivity index (χ1) is 17.6. The minimum atomic E-state index is -1.09. The maximum atomic E-state index is 12.8. The van der Waals surface area contributed by atoms with Crippen LogP contribution in [0.4, 0.5) is 5.69 Å². The number of rotatable bonds is 10. The summed E-state index contributed by atoms with van der Waals surface area (Å²) in [6.45, 7) is 1.73. The SMILES string of the molecule is Cc1cccc(CN(CC(=O)O)C(=O)CCc2ccc(OC(=O)c3ccc(N=C(N)N)cc3)cc2Cl)c1. The van der Waals surface area contributed by atoms with Crippen LogP contribution in [0.3, 0.4) is 0 Å². The van der Waals surface area contributed by atoms with Crippen LogP contribution in [0.25, 0.3) is 0 Å². The topological polar surface area (TPSA) is 148 Å². The van der Waals surface area contributed by atoms with Crippen LogP contribution in [0.15, 0.2) is 71.7 Å². The first kappa shape index (κ1) is 27.2. The highest BCUT2D eigenvalue weighted by Crippen LogP contribution is 2.25. The molecule has 0 aliphatic carbocycles. The molecule has 0 saturated heterocycles. The number of carbonyl (C=O) groups excluding carboxylic acids is 2. The number of aryl methyl sites for hydroxylation is 2. The summed E-state index contributed by atoms with van der Waals surface area (Å²) < 4.78 is 5.39. The number of halogens is 1. The minimum absolute atomic E-state index is 0.0695. The quantitative estimate of drug-likeness (QED) is 0.158. The Morgan fingerprint density at radius 1 is 1.03 bits per heavy atom. The molecule has 37 heavy (non-hydrogen) atoms. The first-order valence-electron chi connectivity index (χ1n) is 11.4. The Hall–Kier alpha value is -4.37. The number of hydrogen-bond donors (Lipinski definition) is 3. The maximum Gasteiger partial charge on any atom is 0.343 e. The Kier molecular flexibility index (Phi) is 9.23. The van der Waals surface area contributed by atoms with E-state index in [1.54, 1.807) is 24.3 Å². The van der Waals surface area contributed by atoms with Crippen molar-refractivity contribution in [2.75, 3.05) is 6.54 Å². The van der Waals surface area contributed by atoms with Crippen LogP contribution in [0.5, 0.6) is 5.75 Å². The van der Waals surface area contributed by atoms with Gasteiger partial charge in [-0.1, -0.05) is 47.5 Å². The number of carbonyl (C=O) groups is 3. The van der Waals surface area contributed by atoms with Crippen molar-refractivity contribution >= 4 is 41.1 Å². The second-order valence-corrected chi connectivity index (χ2v) is 8.77. The Bertz CT molecular complexity index is 1320. The first-order valence-corrected chi connectivity index (χ1v) is 11.7. The van der Waals surface area contributed by atoms with Crippen molar-refractivity contribution in [1.82, 2.24) is 4.90 Å². The summed E-state index contributed by atoms with van der Waals surface area (Å²) >= 11 is 6.37. The van der Waals surface area contributed by atoms with Gasteiger partial charge in [-0.3, -0.25) is 9.59 Å². The summed E-state index contributed by atoms with van der Waals surface area (Å²) in [5.41, 5.74) is 14.0. The fourth-order valence-corrected chi connectivity index (χ4v) is 3.87. The number of ether oxygens (including phenoxy) is 1. The van der Waals surface area contributed by atoms with Gasteiger partial charge in [0, 0.05) is 18.0 Å². The number of hydrogen-bond acceptors (Lipinski definition) is 5. The third kappa shape index (κ3) is 8.36. The molecule has 0 bridgehead atoms. The van der Waals surface area contributed by atoms with Gasteiger partial charge < -0.3 is 26.2 Å². The normalized spacial score (nSPS) is 10.4. The summed E-state index contributed by atoms with van der Waals surface area (Å²) in [7, 11) is 0. The van der Waals surface area contributed by atoms with E-state index >= 15 is 0 Å². The zero-order valence-corrected chi connectivity index (χ0v) is 20.9. The number of carboxylic acid groups (broad SMARTS) is 1. The van der Waals surface area contributed by atoms with E-state index in [9.17, 15) is 19.5 Å². The lowest BCUT2D eigenvalue weighted by Gasteiger charge is -2.21. The van der Waals surface area contributed by atoms with Crippen LogP contribution in [-0.4, -0.2) is 40.4 Å². The second-order valence-electron chi connectivity index (χ2n) is 8.36. The molecule has 3 rings (SSSR count). The van der Waals surface area contributed by atoms with Crippen LogP contribution in [0.2, 0.25) is 5.02 Å². The summed E-state index contributed by atoms with van der Waals surface area (Å²) in [6.07, 6.45) is 0.363. The molecule has 9 nitrogen and oxygen atoms in total. The largest absolute Gasteiger partial charge is 0.480 e. The summed E-state index contributed by atoms with van der Waals surface area (Å²) in [5, 5.41) is 9.58. The maximum absolute atomic E-state index is 12.8. The van der Waals surface area contributed by atoms with Crippen molar-refractivity contribution in [2.24, 2.45) is 16.5 Å². The molecule has 5 N–H and O–H groups in total. The number of amides is 1. The highest BCUT2D eigenvalue weighted by molar-refractivity contribution is 6.31. The number of guanidine groups is 1. The van der Waals surface area contributed by atoms with Crippen LogP contribution >= 0.6 is 11.6 Å². The van der Waals surface area contributed by atoms with Gasteiger partial charge >= 0.3 is 11.9 Å². The third-order valence-corrected chi connectivity index (χ3v) is 5.69. The molecule has 0 radical (unpaired) electrons. The number of nitrogens with zero attached hydrogens (tertiary/aromatic N) is 2. The van der Waals surface area contributed by atoms with Crippen molar-refractivity contribution in [3.05, 3.63) is 94.0 Å². The zero-order valence-electron chi connectivity index (χ0n) is 20.2. The molecule has 0 heterocycles. The van der Waals surface area contributed by atoms with E-state index < -0.39 is 18.5 Å². The van der Waals surface area contributed by atoms with E-state index in [0.717, 1.165) is 11.1 Å². The monoisotopic (exact) mass is 522 g/mol. The van der Waals surface area contributed by atoms with Gasteiger partial charge in [-0.15, -0.1) is 0 Å². The number of esters is 1. The fraction of sp³-hybridized carbons (Fsp3) is 0.185. The van der Waals surface area contributed by atoms with Gasteiger partial charge in [0.05, 0.1) is 11.3 Å². The highest BCUT2D eigenvalue weighted by atomic mass is 35.5. The predicted molar refractivity (Wildman–Crippen MR) is 141 cm³/mol. The van der Waals surface area contributed by atoms with E-state index in [-0.39, 0.29) is 30.6 Å². The van der Waals surface area contributed by atoms with Crippen molar-refractivity contribution in [3.63, 3.8) is 0 Å². The number of nitrogens with two attached hydrogens (primary N) is 2. The molecular formula is C27H27ClN4O5. The van der Waals surface area contributed by atoms with Gasteiger partial charge in [-0.2, -0.15) is 0 Å². The van der Waals surface area contributed by atoms with E-state index in [0.29, 0.717) is 28.3 Å². The summed E-state index contributed by atoms with van der Waals surface area (Å²) in [5.74, 6) is -1.83. The van der Waals surface area contributed by atoms with E-state index in [1.807, 2.05) is 31.2 Å². The zero-order chi connectivity index (χ0) is 26.9. The molecular weight excluding hydrogens is 496 g/mol. The van der Waals surface area contributed by atoms with Gasteiger partial charge in [0.1, 0.15) is 12.3 Å². The number of aliphatic imine (C=N–C) groups is 1. The second kappa shape index (κ2) is 12.5. The van der Waals surface area contributed by atoms with Crippen LogP contribution < -0.4 is 16.2 Å². The van der Waals surface area contributed by atoms with Crippen LogP contribution in [-0.2, 0) is 22.6 Å². The molecule has 0 spiro atoms. The Labute approximate surface area is 219 Å². The van der Waals surface area contributed by atoms with E-state index in [2.05, 4.69) is 4.99 Å². The molecule has 0 atom stereocenters. The lowest BCUT2D eigenvalue weighted by atomic mass is 10.1. The predicted octanol–water partition coefficient (Wildman–Crippen LogP) is 3.82. The van der Waals surface area contributed by atoms with Crippen LogP contribution in [0, 0.1) is 6.92 Å². The average molecular weight is 523 g/mol. The smallest absolute Gasteiger partial charge is 0.343 e. The molecule has 1 amide bonds. The lowest BCUT2D eigenvalue weighted by Crippen LogP contribution is -2.35. The molecule has 0 aromatic heterocycles. The Balaban J connectivity index is 1.61. The Morgan fingerprint density at radius 2 is 1.76 bits per heavy atom. The summed E-state index contributed by atoms with van der Waals surface area (Å²) in [6, 6.07) is 18.5. The molecule has 0 aliphatic rings. The Morgan fingerprint density at radius 3 is 2.38 bits per heavy atom.